The van der Waals surface area contributed by atoms with Gasteiger partial charge in [-0.25, -0.2) is 4.98 Å². The molecule has 0 aliphatic carbocycles. The van der Waals surface area contributed by atoms with E-state index in [9.17, 15) is 4.79 Å². The minimum Gasteiger partial charge on any atom is -0.360 e. The molecular weight excluding hydrogens is 367 g/mol. The summed E-state index contributed by atoms with van der Waals surface area (Å²) in [6.07, 6.45) is 2.46. The summed E-state index contributed by atoms with van der Waals surface area (Å²) in [4.78, 5) is 17.0. The Morgan fingerprint density at radius 1 is 1.29 bits per heavy atom. The van der Waals surface area contributed by atoms with Crippen molar-refractivity contribution in [2.24, 2.45) is 0 Å². The number of fused-ring (bicyclic) bond motifs is 1. The Hall–Kier alpha value is -1.63. The first-order chi connectivity index (χ1) is 11.6. The topological polar surface area (TPSA) is 59.3 Å². The van der Waals surface area contributed by atoms with Crippen LogP contribution in [0.15, 0.2) is 29.1 Å². The van der Waals surface area contributed by atoms with Gasteiger partial charge in [0.2, 0.25) is 10.1 Å². The number of halogens is 2. The van der Waals surface area contributed by atoms with E-state index in [1.165, 1.54) is 21.9 Å². The van der Waals surface area contributed by atoms with Crippen molar-refractivity contribution in [3.63, 3.8) is 0 Å². The molecule has 0 amide bonds. The number of aromatic nitrogens is 3. The summed E-state index contributed by atoms with van der Waals surface area (Å²) in [6, 6.07) is 7.06. The number of nitrogens with zero attached hydrogens (tertiary/aromatic N) is 3. The minimum atomic E-state index is -0.144. The molecule has 0 atom stereocenters. The molecule has 2 aromatic heterocycles. The molecule has 3 aromatic rings. The third-order valence-corrected chi connectivity index (χ3v) is 5.03. The maximum Gasteiger partial charge on any atom is 0.275 e. The van der Waals surface area contributed by atoms with Crippen molar-refractivity contribution in [2.45, 2.75) is 26.2 Å². The van der Waals surface area contributed by atoms with E-state index in [1.807, 2.05) is 19.1 Å². The van der Waals surface area contributed by atoms with Gasteiger partial charge in [-0.2, -0.15) is 4.52 Å². The van der Waals surface area contributed by atoms with Gasteiger partial charge < -0.3 is 5.32 Å². The highest BCUT2D eigenvalue weighted by Crippen LogP contribution is 2.22. The average Bonchev–Trinajstić information content (AvgIpc) is 2.96. The molecule has 8 heteroatoms. The molecule has 0 aliphatic heterocycles. The Kier molecular flexibility index (Phi) is 5.38. The van der Waals surface area contributed by atoms with E-state index >= 15 is 0 Å². The van der Waals surface area contributed by atoms with Gasteiger partial charge in [-0.15, -0.1) is 5.10 Å². The summed E-state index contributed by atoms with van der Waals surface area (Å²) in [5.41, 5.74) is 1.71. The molecule has 2 heterocycles. The standard InChI is InChI=1S/C16H16Cl2N4OS/c1-2-12-9-14(23)22-16(20-12)24-15(21-22)19-7-3-4-10-5-6-11(17)8-13(10)18/h5-6,8-9H,2-4,7H2,1H3,(H,19,21). The highest BCUT2D eigenvalue weighted by atomic mass is 35.5. The van der Waals surface area contributed by atoms with Crippen molar-refractivity contribution < 1.29 is 0 Å². The van der Waals surface area contributed by atoms with Crippen molar-refractivity contribution in [1.29, 1.82) is 0 Å². The number of benzene rings is 1. The molecule has 5 nitrogen and oxygen atoms in total. The van der Waals surface area contributed by atoms with Crippen LogP contribution >= 0.6 is 34.5 Å². The van der Waals surface area contributed by atoms with E-state index in [0.717, 1.165) is 37.1 Å². The van der Waals surface area contributed by atoms with E-state index < -0.39 is 0 Å². The molecule has 0 aliphatic rings. The van der Waals surface area contributed by atoms with Gasteiger partial charge in [-0.05, 0) is 37.0 Å². The first kappa shape index (κ1) is 17.2. The van der Waals surface area contributed by atoms with Gasteiger partial charge in [0.05, 0.1) is 0 Å². The molecule has 0 unspecified atom stereocenters. The van der Waals surface area contributed by atoms with Crippen molar-refractivity contribution >= 4 is 44.6 Å². The molecule has 1 N–H and O–H groups in total. The maximum absolute atomic E-state index is 12.0. The van der Waals surface area contributed by atoms with Gasteiger partial charge in [-0.1, -0.05) is 47.5 Å². The predicted molar refractivity (Wildman–Crippen MR) is 99.8 cm³/mol. The molecular formula is C16H16Cl2N4OS. The summed E-state index contributed by atoms with van der Waals surface area (Å²) in [5.74, 6) is 0. The van der Waals surface area contributed by atoms with Gasteiger partial charge in [0.1, 0.15) is 0 Å². The van der Waals surface area contributed by atoms with Crippen LogP contribution in [-0.4, -0.2) is 21.1 Å². The second-order valence-electron chi connectivity index (χ2n) is 5.31. The van der Waals surface area contributed by atoms with E-state index in [1.54, 1.807) is 6.07 Å². The number of nitrogens with one attached hydrogen (secondary N) is 1. The maximum atomic E-state index is 12.0. The predicted octanol–water partition coefficient (Wildman–Crippen LogP) is 4.06. The van der Waals surface area contributed by atoms with E-state index in [2.05, 4.69) is 15.4 Å². The lowest BCUT2D eigenvalue weighted by Crippen LogP contribution is -2.15. The lowest BCUT2D eigenvalue weighted by molar-refractivity contribution is 0.843. The Bertz CT molecular complexity index is 922. The Morgan fingerprint density at radius 2 is 2.12 bits per heavy atom. The second kappa shape index (κ2) is 7.51. The van der Waals surface area contributed by atoms with Gasteiger partial charge in [0, 0.05) is 28.4 Å². The number of aryl methyl sites for hydroxylation is 2. The van der Waals surface area contributed by atoms with Gasteiger partial charge in [-0.3, -0.25) is 4.79 Å². The van der Waals surface area contributed by atoms with Crippen LogP contribution in [0.3, 0.4) is 0 Å². The average molecular weight is 383 g/mol. The van der Waals surface area contributed by atoms with Gasteiger partial charge in [0.15, 0.2) is 0 Å². The zero-order valence-corrected chi connectivity index (χ0v) is 15.4. The highest BCUT2D eigenvalue weighted by molar-refractivity contribution is 7.20. The van der Waals surface area contributed by atoms with Crippen LogP contribution in [-0.2, 0) is 12.8 Å². The number of hydrogen-bond acceptors (Lipinski definition) is 5. The van der Waals surface area contributed by atoms with Gasteiger partial charge >= 0.3 is 0 Å². The summed E-state index contributed by atoms with van der Waals surface area (Å²) < 4.78 is 1.34. The first-order valence-corrected chi connectivity index (χ1v) is 9.21. The molecule has 24 heavy (non-hydrogen) atoms. The Morgan fingerprint density at radius 3 is 2.88 bits per heavy atom. The number of hydrogen-bond donors (Lipinski definition) is 1. The number of anilines is 1. The van der Waals surface area contributed by atoms with Gasteiger partial charge in [0.25, 0.3) is 5.56 Å². The van der Waals surface area contributed by atoms with E-state index in [0.29, 0.717) is 20.1 Å². The number of rotatable bonds is 6. The molecule has 0 saturated carbocycles. The van der Waals surface area contributed by atoms with Crippen molar-refractivity contribution in [2.75, 3.05) is 11.9 Å². The van der Waals surface area contributed by atoms with Crippen LogP contribution in [0.2, 0.25) is 10.0 Å². The zero-order valence-electron chi connectivity index (χ0n) is 13.1. The summed E-state index contributed by atoms with van der Waals surface area (Å²) in [6.45, 7) is 2.70. The molecule has 0 saturated heterocycles. The van der Waals surface area contributed by atoms with Crippen molar-refractivity contribution in [1.82, 2.24) is 14.6 Å². The van der Waals surface area contributed by atoms with Crippen LogP contribution in [0, 0.1) is 0 Å². The minimum absolute atomic E-state index is 0.144. The van der Waals surface area contributed by atoms with E-state index in [4.69, 9.17) is 23.2 Å². The lowest BCUT2D eigenvalue weighted by atomic mass is 10.1. The fourth-order valence-corrected chi connectivity index (χ4v) is 3.66. The molecule has 3 rings (SSSR count). The lowest BCUT2D eigenvalue weighted by Gasteiger charge is -2.05. The third-order valence-electron chi connectivity index (χ3n) is 3.57. The molecule has 126 valence electrons. The molecule has 0 bridgehead atoms. The van der Waals surface area contributed by atoms with Crippen LogP contribution in [0.1, 0.15) is 24.6 Å². The molecule has 0 radical (unpaired) electrons. The zero-order chi connectivity index (χ0) is 17.1. The monoisotopic (exact) mass is 382 g/mol. The summed E-state index contributed by atoms with van der Waals surface area (Å²) in [5, 5.41) is 9.52. The van der Waals surface area contributed by atoms with Crippen LogP contribution in [0.5, 0.6) is 0 Å². The SMILES string of the molecule is CCc1cc(=O)n2nc(NCCCc3ccc(Cl)cc3Cl)sc2n1. The van der Waals surface area contributed by atoms with Crippen LogP contribution in [0.4, 0.5) is 5.13 Å². The molecule has 0 fully saturated rings. The normalized spacial score (nSPS) is 11.1. The smallest absolute Gasteiger partial charge is 0.275 e. The summed E-state index contributed by atoms with van der Waals surface area (Å²) in [7, 11) is 0. The largest absolute Gasteiger partial charge is 0.360 e. The molecule has 1 aromatic carbocycles. The third kappa shape index (κ3) is 3.88. The second-order valence-corrected chi connectivity index (χ2v) is 7.11. The Balaban J connectivity index is 1.61. The first-order valence-electron chi connectivity index (χ1n) is 7.64. The van der Waals surface area contributed by atoms with Crippen molar-refractivity contribution in [3.05, 3.63) is 55.9 Å². The van der Waals surface area contributed by atoms with E-state index in [-0.39, 0.29) is 5.56 Å². The Labute approximate surface area is 153 Å². The fraction of sp³-hybridized carbons (Fsp3) is 0.312. The summed E-state index contributed by atoms with van der Waals surface area (Å²) >= 11 is 13.4. The molecule has 0 spiro atoms. The van der Waals surface area contributed by atoms with Crippen LogP contribution < -0.4 is 10.9 Å². The fourth-order valence-electron chi connectivity index (χ4n) is 2.31. The van der Waals surface area contributed by atoms with Crippen molar-refractivity contribution in [3.8, 4) is 0 Å². The van der Waals surface area contributed by atoms with Crippen LogP contribution in [0.25, 0.3) is 4.96 Å². The highest BCUT2D eigenvalue weighted by Gasteiger charge is 2.08. The quantitative estimate of drug-likeness (QED) is 0.652.